The molecule has 0 spiro atoms. The van der Waals surface area contributed by atoms with Gasteiger partial charge in [-0.25, -0.2) is 9.18 Å². The molecular formula is C16H14ClFN4O. The van der Waals surface area contributed by atoms with Gasteiger partial charge in [0.25, 0.3) is 0 Å². The van der Waals surface area contributed by atoms with Crippen molar-refractivity contribution in [3.63, 3.8) is 0 Å². The molecule has 0 fully saturated rings. The van der Waals surface area contributed by atoms with E-state index in [0.717, 1.165) is 6.54 Å². The van der Waals surface area contributed by atoms with Gasteiger partial charge >= 0.3 is 6.03 Å². The van der Waals surface area contributed by atoms with Gasteiger partial charge in [0.1, 0.15) is 11.7 Å². The molecule has 1 heterocycles. The Morgan fingerprint density at radius 2 is 2.00 bits per heavy atom. The topological polar surface area (TPSA) is 65.5 Å². The van der Waals surface area contributed by atoms with Crippen molar-refractivity contribution in [3.05, 3.63) is 58.9 Å². The number of rotatable bonds is 3. The first-order valence-corrected chi connectivity index (χ1v) is 7.41. The summed E-state index contributed by atoms with van der Waals surface area (Å²) in [7, 11) is 0. The fraction of sp³-hybridized carbons (Fsp3) is 0.125. The average molecular weight is 333 g/mol. The second-order valence-corrected chi connectivity index (χ2v) is 5.41. The molecule has 0 aliphatic carbocycles. The summed E-state index contributed by atoms with van der Waals surface area (Å²) in [5.41, 5.74) is 1.49. The standard InChI is InChI=1S/C16H14ClFN4O/c17-11-2-1-3-13(8-11)21-16(23)22-14-7-10(6-12(18)9-14)15-19-4-5-20-15/h1-3,6-9H,4-5H2,(H,19,20)(H2,21,22,23). The fourth-order valence-electron chi connectivity index (χ4n) is 2.25. The Labute approximate surface area is 137 Å². The molecule has 3 rings (SSSR count). The first kappa shape index (κ1) is 15.3. The van der Waals surface area contributed by atoms with E-state index in [-0.39, 0.29) is 0 Å². The maximum absolute atomic E-state index is 13.7. The van der Waals surface area contributed by atoms with Crippen LogP contribution in [-0.4, -0.2) is 25.0 Å². The van der Waals surface area contributed by atoms with E-state index in [2.05, 4.69) is 20.9 Å². The smallest absolute Gasteiger partial charge is 0.323 e. The van der Waals surface area contributed by atoms with Crippen LogP contribution in [0.5, 0.6) is 0 Å². The third-order valence-electron chi connectivity index (χ3n) is 3.19. The lowest BCUT2D eigenvalue weighted by Crippen LogP contribution is -2.22. The monoisotopic (exact) mass is 332 g/mol. The largest absolute Gasteiger partial charge is 0.368 e. The van der Waals surface area contributed by atoms with Crippen molar-refractivity contribution in [2.75, 3.05) is 23.7 Å². The molecule has 5 nitrogen and oxygen atoms in total. The van der Waals surface area contributed by atoms with Crippen LogP contribution in [0.4, 0.5) is 20.6 Å². The molecule has 0 radical (unpaired) electrons. The molecule has 2 aromatic carbocycles. The van der Waals surface area contributed by atoms with Crippen LogP contribution < -0.4 is 16.0 Å². The molecule has 2 aromatic rings. The number of carbonyl (C=O) groups is 1. The summed E-state index contributed by atoms with van der Waals surface area (Å²) in [6.45, 7) is 1.38. The molecule has 3 N–H and O–H groups in total. The summed E-state index contributed by atoms with van der Waals surface area (Å²) in [6, 6.07) is 10.6. The Morgan fingerprint density at radius 3 is 2.74 bits per heavy atom. The maximum Gasteiger partial charge on any atom is 0.323 e. The highest BCUT2D eigenvalue weighted by Gasteiger charge is 2.12. The quantitative estimate of drug-likeness (QED) is 0.805. The minimum Gasteiger partial charge on any atom is -0.368 e. The van der Waals surface area contributed by atoms with Gasteiger partial charge in [0.2, 0.25) is 0 Å². The number of carbonyl (C=O) groups excluding carboxylic acids is 1. The molecule has 0 unspecified atom stereocenters. The van der Waals surface area contributed by atoms with Crippen LogP contribution >= 0.6 is 11.6 Å². The van der Waals surface area contributed by atoms with Gasteiger partial charge in [-0.15, -0.1) is 0 Å². The number of nitrogens with zero attached hydrogens (tertiary/aromatic N) is 1. The highest BCUT2D eigenvalue weighted by Crippen LogP contribution is 2.17. The van der Waals surface area contributed by atoms with Gasteiger partial charge in [0, 0.05) is 28.5 Å². The van der Waals surface area contributed by atoms with Gasteiger partial charge in [-0.2, -0.15) is 0 Å². The number of halogens is 2. The summed E-state index contributed by atoms with van der Waals surface area (Å²) in [4.78, 5) is 16.2. The number of hydrogen-bond acceptors (Lipinski definition) is 3. The lowest BCUT2D eigenvalue weighted by atomic mass is 10.1. The van der Waals surface area contributed by atoms with Crippen LogP contribution in [0.25, 0.3) is 0 Å². The number of amidine groups is 1. The molecular weight excluding hydrogens is 319 g/mol. The average Bonchev–Trinajstić information content (AvgIpc) is 3.00. The van der Waals surface area contributed by atoms with Crippen LogP contribution in [0.15, 0.2) is 47.5 Å². The Hall–Kier alpha value is -2.60. The Balaban J connectivity index is 1.73. The van der Waals surface area contributed by atoms with E-state index in [1.165, 1.54) is 12.1 Å². The Kier molecular flexibility index (Phi) is 4.43. The number of amides is 2. The molecule has 2 amide bonds. The number of benzene rings is 2. The molecule has 0 saturated carbocycles. The van der Waals surface area contributed by atoms with Gasteiger partial charge in [-0.05, 0) is 36.4 Å². The maximum atomic E-state index is 13.7. The van der Waals surface area contributed by atoms with E-state index in [9.17, 15) is 9.18 Å². The van der Waals surface area contributed by atoms with Crippen LogP contribution in [0, 0.1) is 5.82 Å². The predicted molar refractivity (Wildman–Crippen MR) is 89.9 cm³/mol. The summed E-state index contributed by atoms with van der Waals surface area (Å²) < 4.78 is 13.7. The number of anilines is 2. The minimum atomic E-state index is -0.481. The van der Waals surface area contributed by atoms with Crippen molar-refractivity contribution < 1.29 is 9.18 Å². The normalized spacial score (nSPS) is 13.2. The molecule has 0 aromatic heterocycles. The van der Waals surface area contributed by atoms with Crippen molar-refractivity contribution in [2.45, 2.75) is 0 Å². The van der Waals surface area contributed by atoms with E-state index < -0.39 is 11.8 Å². The van der Waals surface area contributed by atoms with Crippen molar-refractivity contribution in [3.8, 4) is 0 Å². The minimum absolute atomic E-state index is 0.343. The summed E-state index contributed by atoms with van der Waals surface area (Å²) >= 11 is 5.86. The number of hydrogen-bond donors (Lipinski definition) is 3. The van der Waals surface area contributed by atoms with E-state index >= 15 is 0 Å². The zero-order chi connectivity index (χ0) is 16.2. The molecule has 23 heavy (non-hydrogen) atoms. The van der Waals surface area contributed by atoms with Crippen molar-refractivity contribution >= 4 is 34.8 Å². The number of nitrogens with one attached hydrogen (secondary N) is 3. The van der Waals surface area contributed by atoms with E-state index in [4.69, 9.17) is 11.6 Å². The van der Waals surface area contributed by atoms with Crippen molar-refractivity contribution in [1.82, 2.24) is 5.32 Å². The van der Waals surface area contributed by atoms with Crippen LogP contribution in [-0.2, 0) is 0 Å². The Bertz CT molecular complexity index is 778. The second kappa shape index (κ2) is 6.66. The molecule has 1 aliphatic heterocycles. The highest BCUT2D eigenvalue weighted by atomic mass is 35.5. The SMILES string of the molecule is O=C(Nc1cccc(Cl)c1)Nc1cc(F)cc(C2=NCCN2)c1. The van der Waals surface area contributed by atoms with Crippen LogP contribution in [0.3, 0.4) is 0 Å². The van der Waals surface area contributed by atoms with E-state index in [1.807, 2.05) is 0 Å². The van der Waals surface area contributed by atoms with Gasteiger partial charge in [0.05, 0.1) is 6.54 Å². The molecule has 0 saturated heterocycles. The first-order chi connectivity index (χ1) is 11.1. The lowest BCUT2D eigenvalue weighted by Gasteiger charge is -2.10. The third-order valence-corrected chi connectivity index (χ3v) is 3.42. The zero-order valence-corrected chi connectivity index (χ0v) is 12.8. The van der Waals surface area contributed by atoms with Gasteiger partial charge in [-0.3, -0.25) is 4.99 Å². The van der Waals surface area contributed by atoms with Gasteiger partial charge in [-0.1, -0.05) is 17.7 Å². The fourth-order valence-corrected chi connectivity index (χ4v) is 2.44. The molecule has 0 bridgehead atoms. The summed E-state index contributed by atoms with van der Waals surface area (Å²) in [5, 5.41) is 8.82. The van der Waals surface area contributed by atoms with Crippen LogP contribution in [0.1, 0.15) is 5.56 Å². The van der Waals surface area contributed by atoms with E-state index in [1.54, 1.807) is 30.3 Å². The summed E-state index contributed by atoms with van der Waals surface area (Å²) in [5.74, 6) is 0.180. The van der Waals surface area contributed by atoms with Gasteiger partial charge < -0.3 is 16.0 Å². The summed E-state index contributed by atoms with van der Waals surface area (Å²) in [6.07, 6.45) is 0. The zero-order valence-electron chi connectivity index (χ0n) is 12.1. The predicted octanol–water partition coefficient (Wildman–Crippen LogP) is 3.47. The van der Waals surface area contributed by atoms with E-state index in [0.29, 0.717) is 34.3 Å². The number of urea groups is 1. The van der Waals surface area contributed by atoms with Crippen molar-refractivity contribution in [1.29, 1.82) is 0 Å². The highest BCUT2D eigenvalue weighted by molar-refractivity contribution is 6.30. The van der Waals surface area contributed by atoms with Crippen LogP contribution in [0.2, 0.25) is 5.02 Å². The third kappa shape index (κ3) is 3.98. The van der Waals surface area contributed by atoms with Crippen molar-refractivity contribution in [2.24, 2.45) is 4.99 Å². The molecule has 0 atom stereocenters. The number of aliphatic imine (C=N–C) groups is 1. The molecule has 1 aliphatic rings. The molecule has 118 valence electrons. The second-order valence-electron chi connectivity index (χ2n) is 4.98. The first-order valence-electron chi connectivity index (χ1n) is 7.03. The lowest BCUT2D eigenvalue weighted by molar-refractivity contribution is 0.262. The molecule has 7 heteroatoms. The van der Waals surface area contributed by atoms with Gasteiger partial charge in [0.15, 0.2) is 0 Å². The Morgan fingerprint density at radius 1 is 1.17 bits per heavy atom.